The van der Waals surface area contributed by atoms with Gasteiger partial charge in [-0.15, -0.1) is 0 Å². The van der Waals surface area contributed by atoms with Crippen LogP contribution in [0.4, 0.5) is 4.39 Å². The van der Waals surface area contributed by atoms with Crippen LogP contribution in [0.1, 0.15) is 71.1 Å². The normalized spacial score (nSPS) is 31.1. The van der Waals surface area contributed by atoms with E-state index in [2.05, 4.69) is 5.32 Å². The van der Waals surface area contributed by atoms with Gasteiger partial charge < -0.3 is 15.0 Å². The molecule has 2 unspecified atom stereocenters. The van der Waals surface area contributed by atoms with Crippen molar-refractivity contribution in [1.82, 2.24) is 9.88 Å². The first kappa shape index (κ1) is 20.4. The average molecular weight is 425 g/mol. The monoisotopic (exact) mass is 424 g/mol. The van der Waals surface area contributed by atoms with Gasteiger partial charge in [-0.3, -0.25) is 9.59 Å². The van der Waals surface area contributed by atoms with Crippen LogP contribution in [-0.2, 0) is 13.5 Å². The van der Waals surface area contributed by atoms with E-state index in [-0.39, 0.29) is 17.5 Å². The number of carbonyl (C=O) groups excluding carboxylic acids is 2. The van der Waals surface area contributed by atoms with Crippen LogP contribution < -0.4 is 5.32 Å². The third kappa shape index (κ3) is 3.32. The van der Waals surface area contributed by atoms with Crippen molar-refractivity contribution in [2.75, 3.05) is 0 Å². The molecule has 5 nitrogen and oxygen atoms in total. The molecule has 4 aliphatic rings. The number of amides is 1. The van der Waals surface area contributed by atoms with Gasteiger partial charge in [0, 0.05) is 13.1 Å². The van der Waals surface area contributed by atoms with Crippen molar-refractivity contribution in [2.45, 2.75) is 57.1 Å². The number of aromatic nitrogens is 1. The van der Waals surface area contributed by atoms with Crippen LogP contribution in [0.25, 0.3) is 0 Å². The van der Waals surface area contributed by atoms with E-state index in [0.717, 1.165) is 37.7 Å². The largest absolute Gasteiger partial charge is 0.390 e. The zero-order valence-corrected chi connectivity index (χ0v) is 18.0. The highest BCUT2D eigenvalue weighted by molar-refractivity contribution is 6.09. The maximum absolute atomic E-state index is 14.2. The number of nitrogens with one attached hydrogen (secondary N) is 1. The molecule has 0 aliphatic heterocycles. The van der Waals surface area contributed by atoms with E-state index in [1.54, 1.807) is 29.8 Å². The highest BCUT2D eigenvalue weighted by Crippen LogP contribution is 2.55. The number of benzene rings is 1. The number of carbonyl (C=O) groups is 2. The Morgan fingerprint density at radius 1 is 1.19 bits per heavy atom. The van der Waals surface area contributed by atoms with Crippen molar-refractivity contribution < 1.29 is 19.1 Å². The lowest BCUT2D eigenvalue weighted by Gasteiger charge is -2.58. The van der Waals surface area contributed by atoms with Crippen molar-refractivity contribution >= 4 is 11.7 Å². The third-order valence-electron chi connectivity index (χ3n) is 7.80. The molecule has 6 heteroatoms. The Bertz CT molecular complexity index is 1040. The average Bonchev–Trinajstić information content (AvgIpc) is 3.05. The molecule has 6 rings (SSSR count). The SMILES string of the molecule is CCc1cc(C(=O)c2ccccc2F)n(C)c1C(=O)NC1C2CC3CC1CC(O)(C3)C2. The molecule has 4 bridgehead atoms. The minimum Gasteiger partial charge on any atom is -0.390 e. The molecule has 1 aromatic carbocycles. The summed E-state index contributed by atoms with van der Waals surface area (Å²) in [4.78, 5) is 26.4. The van der Waals surface area contributed by atoms with E-state index in [0.29, 0.717) is 35.6 Å². The topological polar surface area (TPSA) is 71.3 Å². The summed E-state index contributed by atoms with van der Waals surface area (Å²) in [5.41, 5.74) is 1.02. The highest BCUT2D eigenvalue weighted by atomic mass is 19.1. The highest BCUT2D eigenvalue weighted by Gasteiger charge is 2.55. The zero-order chi connectivity index (χ0) is 21.9. The summed E-state index contributed by atoms with van der Waals surface area (Å²) in [6.07, 6.45) is 5.15. The van der Waals surface area contributed by atoms with E-state index in [1.165, 1.54) is 12.1 Å². The van der Waals surface area contributed by atoms with Crippen molar-refractivity contribution in [1.29, 1.82) is 0 Å². The summed E-state index contributed by atoms with van der Waals surface area (Å²) in [6.45, 7) is 1.95. The number of rotatable bonds is 5. The first-order chi connectivity index (χ1) is 14.8. The molecular formula is C25H29FN2O3. The molecule has 1 amide bonds. The first-order valence-corrected chi connectivity index (χ1v) is 11.3. The van der Waals surface area contributed by atoms with Gasteiger partial charge >= 0.3 is 0 Å². The third-order valence-corrected chi connectivity index (χ3v) is 7.80. The molecule has 4 fully saturated rings. The van der Waals surface area contributed by atoms with Gasteiger partial charge in [0.15, 0.2) is 0 Å². The quantitative estimate of drug-likeness (QED) is 0.720. The van der Waals surface area contributed by atoms with E-state index >= 15 is 0 Å². The predicted octanol–water partition coefficient (Wildman–Crippen LogP) is 3.63. The first-order valence-electron chi connectivity index (χ1n) is 11.3. The lowest BCUT2D eigenvalue weighted by molar-refractivity contribution is -0.137. The van der Waals surface area contributed by atoms with Gasteiger partial charge in [0.2, 0.25) is 5.78 Å². The fourth-order valence-electron chi connectivity index (χ4n) is 6.67. The summed E-state index contributed by atoms with van der Waals surface area (Å²) >= 11 is 0. The van der Waals surface area contributed by atoms with Gasteiger partial charge in [-0.2, -0.15) is 0 Å². The maximum Gasteiger partial charge on any atom is 0.268 e. The van der Waals surface area contributed by atoms with E-state index in [1.807, 2.05) is 6.92 Å². The second-order valence-electron chi connectivity index (χ2n) is 9.82. The second kappa shape index (κ2) is 7.30. The molecule has 1 aromatic heterocycles. The minimum absolute atomic E-state index is 0.00647. The lowest BCUT2D eigenvalue weighted by Crippen LogP contribution is -2.61. The summed E-state index contributed by atoms with van der Waals surface area (Å²) in [5.74, 6) is 0.0175. The molecule has 4 saturated carbocycles. The molecule has 0 saturated heterocycles. The summed E-state index contributed by atoms with van der Waals surface area (Å²) in [6, 6.07) is 7.70. The predicted molar refractivity (Wildman–Crippen MR) is 114 cm³/mol. The number of hydrogen-bond donors (Lipinski definition) is 2. The molecule has 164 valence electrons. The molecule has 1 heterocycles. The Morgan fingerprint density at radius 2 is 1.87 bits per heavy atom. The van der Waals surface area contributed by atoms with Gasteiger partial charge in [-0.25, -0.2) is 4.39 Å². The van der Waals surface area contributed by atoms with Crippen molar-refractivity contribution in [3.8, 4) is 0 Å². The molecule has 0 radical (unpaired) electrons. The van der Waals surface area contributed by atoms with Crippen LogP contribution in [-0.4, -0.2) is 33.0 Å². The summed E-state index contributed by atoms with van der Waals surface area (Å²) in [5, 5.41) is 14.1. The van der Waals surface area contributed by atoms with Crippen LogP contribution in [0.15, 0.2) is 30.3 Å². The molecular weight excluding hydrogens is 395 g/mol. The van der Waals surface area contributed by atoms with E-state index < -0.39 is 17.2 Å². The van der Waals surface area contributed by atoms with Crippen molar-refractivity contribution in [2.24, 2.45) is 24.8 Å². The number of aliphatic hydroxyl groups is 1. The zero-order valence-electron chi connectivity index (χ0n) is 18.0. The summed E-state index contributed by atoms with van der Waals surface area (Å²) in [7, 11) is 1.70. The number of aryl methyl sites for hydroxylation is 1. The maximum atomic E-state index is 14.2. The molecule has 0 spiro atoms. The second-order valence-corrected chi connectivity index (χ2v) is 9.82. The van der Waals surface area contributed by atoms with E-state index in [4.69, 9.17) is 0 Å². The summed E-state index contributed by atoms with van der Waals surface area (Å²) < 4.78 is 15.8. The van der Waals surface area contributed by atoms with Crippen LogP contribution in [0, 0.1) is 23.6 Å². The van der Waals surface area contributed by atoms with Gasteiger partial charge in [-0.05, 0) is 80.0 Å². The Labute approximate surface area is 181 Å². The minimum atomic E-state index is -0.565. The molecule has 2 aromatic rings. The Morgan fingerprint density at radius 3 is 2.48 bits per heavy atom. The molecule has 2 atom stereocenters. The Kier molecular flexibility index (Phi) is 4.81. The Balaban J connectivity index is 1.42. The van der Waals surface area contributed by atoms with Crippen LogP contribution in [0.2, 0.25) is 0 Å². The van der Waals surface area contributed by atoms with Crippen LogP contribution in [0.3, 0.4) is 0 Å². The van der Waals surface area contributed by atoms with Gasteiger partial charge in [0.05, 0.1) is 16.9 Å². The number of hydrogen-bond acceptors (Lipinski definition) is 3. The standard InChI is InChI=1S/C25H29FN2O3/c1-3-15-10-20(23(29)18-6-4-5-7-19(18)26)28(2)22(15)24(30)27-21-16-8-14-9-17(21)13-25(31,11-14)12-16/h4-7,10,14,16-17,21,31H,3,8-9,11-13H2,1-2H3,(H,27,30). The van der Waals surface area contributed by atoms with Crippen LogP contribution in [0.5, 0.6) is 0 Å². The lowest BCUT2D eigenvalue weighted by atomic mass is 9.52. The van der Waals surface area contributed by atoms with Crippen molar-refractivity contribution in [3.63, 3.8) is 0 Å². The van der Waals surface area contributed by atoms with Gasteiger partial charge in [0.1, 0.15) is 11.5 Å². The molecule has 31 heavy (non-hydrogen) atoms. The fourth-order valence-corrected chi connectivity index (χ4v) is 6.67. The number of nitrogens with zero attached hydrogens (tertiary/aromatic N) is 1. The van der Waals surface area contributed by atoms with Crippen LogP contribution >= 0.6 is 0 Å². The smallest absolute Gasteiger partial charge is 0.268 e. The molecule has 4 aliphatic carbocycles. The fraction of sp³-hybridized carbons (Fsp3) is 0.520. The number of halogens is 1. The van der Waals surface area contributed by atoms with Gasteiger partial charge in [-0.1, -0.05) is 19.1 Å². The van der Waals surface area contributed by atoms with E-state index in [9.17, 15) is 19.1 Å². The molecule has 2 N–H and O–H groups in total. The van der Waals surface area contributed by atoms with Gasteiger partial charge in [0.25, 0.3) is 5.91 Å². The van der Waals surface area contributed by atoms with Crippen molar-refractivity contribution in [3.05, 3.63) is 58.7 Å². The Hall–Kier alpha value is -2.47. The number of ketones is 1.